The van der Waals surface area contributed by atoms with Gasteiger partial charge >= 0.3 is 0 Å². The molecule has 0 bridgehead atoms. The van der Waals surface area contributed by atoms with Gasteiger partial charge in [-0.2, -0.15) is 0 Å². The Morgan fingerprint density at radius 1 is 1.05 bits per heavy atom. The van der Waals surface area contributed by atoms with E-state index in [9.17, 15) is 24.3 Å². The zero-order valence-electron chi connectivity index (χ0n) is 22.8. The third kappa shape index (κ3) is 4.33. The monoisotopic (exact) mass is 528 g/mol. The molecule has 1 aromatic heterocycles. The van der Waals surface area contributed by atoms with E-state index in [0.717, 1.165) is 28.6 Å². The number of aromatic amines is 1. The van der Waals surface area contributed by atoms with E-state index in [2.05, 4.69) is 10.3 Å². The summed E-state index contributed by atoms with van der Waals surface area (Å²) in [5, 5.41) is 14.7. The lowest BCUT2D eigenvalue weighted by atomic mass is 9.51. The second-order valence-electron chi connectivity index (χ2n) is 11.6. The van der Waals surface area contributed by atoms with Crippen LogP contribution in [-0.4, -0.2) is 45.5 Å². The molecule has 3 N–H and O–H groups in total. The molecule has 1 amide bonds. The average Bonchev–Trinajstić information content (AvgIpc) is 3.45. The molecule has 2 heterocycles. The van der Waals surface area contributed by atoms with Crippen molar-refractivity contribution in [1.82, 2.24) is 10.3 Å². The van der Waals surface area contributed by atoms with Crippen molar-refractivity contribution in [2.24, 2.45) is 35.0 Å². The number of aliphatic hydroxyl groups excluding tert-OH is 1. The van der Waals surface area contributed by atoms with Crippen LogP contribution in [-0.2, 0) is 25.6 Å². The van der Waals surface area contributed by atoms with Gasteiger partial charge in [0.15, 0.2) is 11.6 Å². The minimum atomic E-state index is -1.67. The molecule has 5 rings (SSSR count). The van der Waals surface area contributed by atoms with Gasteiger partial charge in [0, 0.05) is 35.0 Å². The summed E-state index contributed by atoms with van der Waals surface area (Å²) in [6, 6.07) is 7.56. The van der Waals surface area contributed by atoms with Gasteiger partial charge in [0.2, 0.25) is 5.91 Å². The first-order valence-corrected chi connectivity index (χ1v) is 13.8. The van der Waals surface area contributed by atoms with Crippen LogP contribution < -0.4 is 5.32 Å². The Labute approximate surface area is 228 Å². The number of aliphatic hydroxyl groups is 1. The van der Waals surface area contributed by atoms with E-state index in [0.29, 0.717) is 18.4 Å². The van der Waals surface area contributed by atoms with Crippen molar-refractivity contribution >= 4 is 34.2 Å². The summed E-state index contributed by atoms with van der Waals surface area (Å²) >= 11 is 0. The predicted molar refractivity (Wildman–Crippen MR) is 149 cm³/mol. The normalized spacial score (nSPS) is 35.5. The molecule has 3 aliphatic rings. The van der Waals surface area contributed by atoms with Crippen molar-refractivity contribution in [2.75, 3.05) is 0 Å². The molecular weight excluding hydrogens is 492 g/mol. The summed E-state index contributed by atoms with van der Waals surface area (Å²) in [7, 11) is 0. The molecule has 1 saturated heterocycles. The molecule has 0 radical (unpaired) electrons. The molecule has 8 atom stereocenters. The summed E-state index contributed by atoms with van der Waals surface area (Å²) < 4.78 is 0. The van der Waals surface area contributed by atoms with Crippen LogP contribution in [0.5, 0.6) is 0 Å². The average molecular weight is 529 g/mol. The Balaban J connectivity index is 1.63. The van der Waals surface area contributed by atoms with Crippen LogP contribution in [0, 0.1) is 35.0 Å². The highest BCUT2D eigenvalue weighted by molar-refractivity contribution is 6.18. The molecule has 39 heavy (non-hydrogen) atoms. The molecule has 1 saturated carbocycles. The fourth-order valence-electron chi connectivity index (χ4n) is 7.09. The standard InChI is InChI=1S/C32H36N2O5/c1-17-8-7-10-23-30(38)20(4)19(3)28-25(15-21-16-33-24-11-6-5-9-22(21)24)34-31(39)32(23,28)27(36)13-12-26(35)29(37)18(2)14-17/h5-7,9-14,16-17,19-20,23,25,28-29,33,37H,8,15H2,1-4H3,(H,34,39). The van der Waals surface area contributed by atoms with Gasteiger partial charge in [0.1, 0.15) is 17.3 Å². The number of rotatable bonds is 2. The maximum atomic E-state index is 14.1. The van der Waals surface area contributed by atoms with E-state index in [-0.39, 0.29) is 29.6 Å². The molecule has 1 spiro atoms. The van der Waals surface area contributed by atoms with Gasteiger partial charge in [-0.25, -0.2) is 0 Å². The first-order chi connectivity index (χ1) is 18.6. The van der Waals surface area contributed by atoms with Crippen LogP contribution in [0.1, 0.15) is 39.7 Å². The zero-order chi connectivity index (χ0) is 28.1. The first-order valence-electron chi connectivity index (χ1n) is 13.8. The van der Waals surface area contributed by atoms with Gasteiger partial charge in [0.25, 0.3) is 0 Å². The number of H-pyrrole nitrogens is 1. The molecule has 1 aliphatic heterocycles. The van der Waals surface area contributed by atoms with Crippen LogP contribution in [0.4, 0.5) is 0 Å². The fraction of sp³-hybridized carbons (Fsp3) is 0.438. The lowest BCUT2D eigenvalue weighted by molar-refractivity contribution is -0.156. The van der Waals surface area contributed by atoms with Gasteiger partial charge < -0.3 is 15.4 Å². The number of carbonyl (C=O) groups excluding carboxylic acids is 4. The van der Waals surface area contributed by atoms with E-state index in [1.54, 1.807) is 13.0 Å². The van der Waals surface area contributed by atoms with E-state index >= 15 is 0 Å². The molecule has 7 heteroatoms. The molecule has 204 valence electrons. The van der Waals surface area contributed by atoms with E-state index in [1.165, 1.54) is 0 Å². The van der Waals surface area contributed by atoms with E-state index < -0.39 is 40.8 Å². The van der Waals surface area contributed by atoms with Crippen LogP contribution in [0.3, 0.4) is 0 Å². The van der Waals surface area contributed by atoms with E-state index in [4.69, 9.17) is 0 Å². The van der Waals surface area contributed by atoms with Crippen LogP contribution in [0.25, 0.3) is 10.9 Å². The topological polar surface area (TPSA) is 116 Å². The number of carbonyl (C=O) groups is 4. The van der Waals surface area contributed by atoms with Crippen molar-refractivity contribution in [3.63, 3.8) is 0 Å². The Morgan fingerprint density at radius 3 is 2.56 bits per heavy atom. The van der Waals surface area contributed by atoms with Crippen molar-refractivity contribution in [2.45, 2.75) is 52.7 Å². The summed E-state index contributed by atoms with van der Waals surface area (Å²) in [4.78, 5) is 58.0. The minimum absolute atomic E-state index is 0.0158. The number of benzene rings is 1. The maximum absolute atomic E-state index is 14.1. The first kappa shape index (κ1) is 27.0. The number of ketones is 3. The number of amides is 1. The number of hydrogen-bond donors (Lipinski definition) is 3. The summed E-state index contributed by atoms with van der Waals surface area (Å²) in [6.45, 7) is 7.46. The second-order valence-corrected chi connectivity index (χ2v) is 11.6. The lowest BCUT2D eigenvalue weighted by Gasteiger charge is -2.47. The SMILES string of the molecule is CC1=CC(C)CC=CC2C(=O)C(C)C(C)C3C(Cc4c[nH]c5ccccc45)NC(=O)C23C(=O)C=CC(=O)C1O. The van der Waals surface area contributed by atoms with Gasteiger partial charge in [0.05, 0.1) is 5.92 Å². The van der Waals surface area contributed by atoms with Gasteiger partial charge in [-0.15, -0.1) is 0 Å². The molecule has 7 nitrogen and oxygen atoms in total. The molecule has 2 fully saturated rings. The Bertz CT molecular complexity index is 1430. The van der Waals surface area contributed by atoms with Crippen LogP contribution in [0.2, 0.25) is 0 Å². The molecule has 1 aromatic carbocycles. The second kappa shape index (κ2) is 10.2. The number of nitrogens with one attached hydrogen (secondary N) is 2. The van der Waals surface area contributed by atoms with Gasteiger partial charge in [-0.1, -0.05) is 57.2 Å². The van der Waals surface area contributed by atoms with Crippen molar-refractivity contribution in [1.29, 1.82) is 0 Å². The third-order valence-corrected chi connectivity index (χ3v) is 9.26. The number of para-hydroxylation sites is 1. The quantitative estimate of drug-likeness (QED) is 0.404. The highest BCUT2D eigenvalue weighted by Gasteiger charge is 2.68. The van der Waals surface area contributed by atoms with E-state index in [1.807, 2.05) is 63.4 Å². The van der Waals surface area contributed by atoms with Crippen LogP contribution in [0.15, 0.2) is 66.4 Å². The number of aromatic nitrogens is 1. The number of hydrogen-bond acceptors (Lipinski definition) is 5. The summed E-state index contributed by atoms with van der Waals surface area (Å²) in [5.74, 6) is -3.85. The minimum Gasteiger partial charge on any atom is -0.381 e. The number of fused-ring (bicyclic) bond motifs is 1. The van der Waals surface area contributed by atoms with Crippen molar-refractivity contribution < 1.29 is 24.3 Å². The van der Waals surface area contributed by atoms with Gasteiger partial charge in [-0.05, 0) is 61.0 Å². The van der Waals surface area contributed by atoms with Gasteiger partial charge in [-0.3, -0.25) is 19.2 Å². The fourth-order valence-corrected chi connectivity index (χ4v) is 7.09. The smallest absolute Gasteiger partial charge is 0.235 e. The Hall–Kier alpha value is -3.58. The third-order valence-electron chi connectivity index (χ3n) is 9.26. The van der Waals surface area contributed by atoms with Crippen molar-refractivity contribution in [3.05, 3.63) is 72.0 Å². The largest absolute Gasteiger partial charge is 0.381 e. The maximum Gasteiger partial charge on any atom is 0.235 e. The van der Waals surface area contributed by atoms with Crippen molar-refractivity contribution in [3.8, 4) is 0 Å². The molecular formula is C32H36N2O5. The number of allylic oxidation sites excluding steroid dienone is 4. The summed E-state index contributed by atoms with van der Waals surface area (Å²) in [6.07, 6.45) is 9.20. The molecule has 2 aliphatic carbocycles. The Morgan fingerprint density at radius 2 is 1.79 bits per heavy atom. The summed E-state index contributed by atoms with van der Waals surface area (Å²) in [5.41, 5.74) is 0.848. The predicted octanol–water partition coefficient (Wildman–Crippen LogP) is 3.88. The molecule has 8 unspecified atom stereocenters. The molecule has 2 aromatic rings. The zero-order valence-corrected chi connectivity index (χ0v) is 22.8. The highest BCUT2D eigenvalue weighted by atomic mass is 16.3. The Kier molecular flexibility index (Phi) is 7.06. The lowest BCUT2D eigenvalue weighted by Crippen LogP contribution is -2.58. The highest BCUT2D eigenvalue weighted by Crippen LogP contribution is 2.55. The van der Waals surface area contributed by atoms with Crippen LogP contribution >= 0.6 is 0 Å². The number of Topliss-reactive ketones (excluding diaryl/α,β-unsaturated/α-hetero) is 1.